The average molecular weight is 386 g/mol. The van der Waals surface area contributed by atoms with Crippen LogP contribution in [-0.4, -0.2) is 47.1 Å². The van der Waals surface area contributed by atoms with E-state index in [-0.39, 0.29) is 5.91 Å². The molecule has 2 heterocycles. The number of thiazole rings is 1. The Bertz CT molecular complexity index is 752. The van der Waals surface area contributed by atoms with Crippen molar-refractivity contribution in [2.45, 2.75) is 37.7 Å². The molecule has 2 aliphatic rings. The number of aliphatic hydroxyl groups is 1. The predicted molar refractivity (Wildman–Crippen MR) is 107 cm³/mol. The summed E-state index contributed by atoms with van der Waals surface area (Å²) in [6.45, 7) is 3.35. The minimum Gasteiger partial charge on any atom is -0.387 e. The van der Waals surface area contributed by atoms with Crippen LogP contribution in [0.3, 0.4) is 0 Å². The molecule has 4 rings (SSSR count). The summed E-state index contributed by atoms with van der Waals surface area (Å²) in [4.78, 5) is 20.0. The third-order valence-corrected chi connectivity index (χ3v) is 6.48. The van der Waals surface area contributed by atoms with Crippen molar-refractivity contribution < 1.29 is 9.90 Å². The lowest BCUT2D eigenvalue weighted by Gasteiger charge is -2.33. The SMILES string of the molecule is O=C(NCC1CCN(CC(O)c2ccccc2)CC1)c1scnc1C1CC1. The number of hydrogen-bond acceptors (Lipinski definition) is 5. The summed E-state index contributed by atoms with van der Waals surface area (Å²) in [5.41, 5.74) is 3.77. The van der Waals surface area contributed by atoms with Crippen LogP contribution < -0.4 is 5.32 Å². The van der Waals surface area contributed by atoms with E-state index in [0.29, 0.717) is 18.4 Å². The molecule has 2 fully saturated rings. The average Bonchev–Trinajstić information content (AvgIpc) is 3.44. The Labute approximate surface area is 164 Å². The first-order valence-corrected chi connectivity index (χ1v) is 10.8. The summed E-state index contributed by atoms with van der Waals surface area (Å²) in [6, 6.07) is 9.84. The van der Waals surface area contributed by atoms with Crippen LogP contribution in [0.5, 0.6) is 0 Å². The maximum atomic E-state index is 12.5. The van der Waals surface area contributed by atoms with Gasteiger partial charge in [-0.25, -0.2) is 4.98 Å². The first-order valence-electron chi connectivity index (χ1n) is 9.87. The lowest BCUT2D eigenvalue weighted by molar-refractivity contribution is 0.0853. The van der Waals surface area contributed by atoms with Crippen LogP contribution in [0.2, 0.25) is 0 Å². The van der Waals surface area contributed by atoms with Crippen LogP contribution in [0.1, 0.15) is 58.6 Å². The lowest BCUT2D eigenvalue weighted by Crippen LogP contribution is -2.40. The van der Waals surface area contributed by atoms with Crippen molar-refractivity contribution in [2.75, 3.05) is 26.2 Å². The second-order valence-corrected chi connectivity index (χ2v) is 8.58. The van der Waals surface area contributed by atoms with E-state index in [1.165, 1.54) is 11.3 Å². The monoisotopic (exact) mass is 385 g/mol. The highest BCUT2D eigenvalue weighted by Crippen LogP contribution is 2.41. The lowest BCUT2D eigenvalue weighted by atomic mass is 9.96. The molecule has 1 saturated carbocycles. The van der Waals surface area contributed by atoms with Gasteiger partial charge in [-0.1, -0.05) is 30.3 Å². The number of rotatable bonds is 7. The Morgan fingerprint density at radius 2 is 1.96 bits per heavy atom. The van der Waals surface area contributed by atoms with E-state index < -0.39 is 6.10 Å². The van der Waals surface area contributed by atoms with Crippen molar-refractivity contribution >= 4 is 17.2 Å². The van der Waals surface area contributed by atoms with Gasteiger partial charge in [0.25, 0.3) is 5.91 Å². The number of likely N-dealkylation sites (tertiary alicyclic amines) is 1. The molecule has 5 nitrogen and oxygen atoms in total. The third kappa shape index (κ3) is 4.75. The molecule has 0 spiro atoms. The van der Waals surface area contributed by atoms with Gasteiger partial charge in [0.1, 0.15) is 4.88 Å². The van der Waals surface area contributed by atoms with E-state index in [1.54, 1.807) is 5.51 Å². The minimum absolute atomic E-state index is 0.0429. The number of aliphatic hydroxyl groups excluding tert-OH is 1. The topological polar surface area (TPSA) is 65.5 Å². The number of benzene rings is 1. The van der Waals surface area contributed by atoms with Gasteiger partial charge < -0.3 is 15.3 Å². The van der Waals surface area contributed by atoms with Gasteiger partial charge in [-0.15, -0.1) is 11.3 Å². The maximum absolute atomic E-state index is 12.5. The van der Waals surface area contributed by atoms with Crippen LogP contribution in [0.15, 0.2) is 35.8 Å². The van der Waals surface area contributed by atoms with Gasteiger partial charge in [0.05, 0.1) is 17.3 Å². The van der Waals surface area contributed by atoms with Crippen LogP contribution in [0.4, 0.5) is 0 Å². The molecule has 0 radical (unpaired) electrons. The molecule has 1 unspecified atom stereocenters. The summed E-state index contributed by atoms with van der Waals surface area (Å²) >= 11 is 1.46. The van der Waals surface area contributed by atoms with Gasteiger partial charge >= 0.3 is 0 Å². The van der Waals surface area contributed by atoms with Crippen LogP contribution >= 0.6 is 11.3 Å². The van der Waals surface area contributed by atoms with Crippen molar-refractivity contribution in [3.63, 3.8) is 0 Å². The van der Waals surface area contributed by atoms with Gasteiger partial charge in [-0.05, 0) is 50.3 Å². The molecule has 1 aromatic heterocycles. The number of piperidine rings is 1. The van der Waals surface area contributed by atoms with Crippen LogP contribution in [-0.2, 0) is 0 Å². The molecule has 6 heteroatoms. The fourth-order valence-electron chi connectivity index (χ4n) is 3.79. The smallest absolute Gasteiger partial charge is 0.263 e. The van der Waals surface area contributed by atoms with Gasteiger partial charge in [-0.3, -0.25) is 4.79 Å². The maximum Gasteiger partial charge on any atom is 0.263 e. The van der Waals surface area contributed by atoms with Gasteiger partial charge in [0, 0.05) is 19.0 Å². The minimum atomic E-state index is -0.436. The Hall–Kier alpha value is -1.76. The van der Waals surface area contributed by atoms with E-state index >= 15 is 0 Å². The summed E-state index contributed by atoms with van der Waals surface area (Å²) in [5, 5.41) is 13.5. The van der Waals surface area contributed by atoms with Crippen molar-refractivity contribution in [2.24, 2.45) is 5.92 Å². The molecule has 1 saturated heterocycles. The zero-order valence-corrected chi connectivity index (χ0v) is 16.3. The van der Waals surface area contributed by atoms with Crippen LogP contribution in [0.25, 0.3) is 0 Å². The summed E-state index contributed by atoms with van der Waals surface area (Å²) in [5.74, 6) is 1.06. The number of nitrogens with one attached hydrogen (secondary N) is 1. The number of nitrogens with zero attached hydrogens (tertiary/aromatic N) is 2. The van der Waals surface area contributed by atoms with Crippen molar-refractivity contribution in [1.82, 2.24) is 15.2 Å². The molecular formula is C21H27N3O2S. The van der Waals surface area contributed by atoms with E-state index in [1.807, 2.05) is 30.3 Å². The molecule has 1 aliphatic carbocycles. The molecule has 144 valence electrons. The standard InChI is InChI=1S/C21H27N3O2S/c25-18(16-4-2-1-3-5-16)13-24-10-8-15(9-11-24)12-22-21(26)20-19(17-6-7-17)23-14-27-20/h1-5,14-15,17-18,25H,6-13H2,(H,22,26). The Kier molecular flexibility index (Phi) is 5.86. The molecular weight excluding hydrogens is 358 g/mol. The largest absolute Gasteiger partial charge is 0.387 e. The van der Waals surface area contributed by atoms with E-state index in [9.17, 15) is 9.90 Å². The number of hydrogen-bond donors (Lipinski definition) is 2. The highest BCUT2D eigenvalue weighted by atomic mass is 32.1. The number of aromatic nitrogens is 1. The Morgan fingerprint density at radius 3 is 2.67 bits per heavy atom. The first-order chi connectivity index (χ1) is 13.2. The van der Waals surface area contributed by atoms with Crippen molar-refractivity contribution in [3.05, 3.63) is 52.0 Å². The fourth-order valence-corrected chi connectivity index (χ4v) is 4.58. The van der Waals surface area contributed by atoms with E-state index in [2.05, 4.69) is 15.2 Å². The zero-order chi connectivity index (χ0) is 18.6. The number of β-amino-alcohol motifs (C(OH)–C–C–N with tert-alkyl or cyclic N) is 1. The highest BCUT2D eigenvalue weighted by Gasteiger charge is 2.31. The molecule has 0 bridgehead atoms. The second-order valence-electron chi connectivity index (χ2n) is 7.72. The van der Waals surface area contributed by atoms with Crippen molar-refractivity contribution in [3.8, 4) is 0 Å². The number of carbonyl (C=O) groups excluding carboxylic acids is 1. The van der Waals surface area contributed by atoms with Crippen LogP contribution in [0, 0.1) is 5.92 Å². The fraction of sp³-hybridized carbons (Fsp3) is 0.524. The zero-order valence-electron chi connectivity index (χ0n) is 15.5. The highest BCUT2D eigenvalue weighted by molar-refractivity contribution is 7.11. The van der Waals surface area contributed by atoms with Gasteiger partial charge in [0.2, 0.25) is 0 Å². The number of amides is 1. The molecule has 1 aromatic carbocycles. The number of carbonyl (C=O) groups is 1. The van der Waals surface area contributed by atoms with Crippen molar-refractivity contribution in [1.29, 1.82) is 0 Å². The molecule has 27 heavy (non-hydrogen) atoms. The van der Waals surface area contributed by atoms with Gasteiger partial charge in [0.15, 0.2) is 0 Å². The second kappa shape index (κ2) is 8.50. The molecule has 2 N–H and O–H groups in total. The molecule has 1 aliphatic heterocycles. The van der Waals surface area contributed by atoms with Gasteiger partial charge in [-0.2, -0.15) is 0 Å². The van der Waals surface area contributed by atoms with E-state index in [4.69, 9.17) is 0 Å². The molecule has 1 atom stereocenters. The normalized spacial score (nSPS) is 19.7. The Morgan fingerprint density at radius 1 is 1.22 bits per heavy atom. The quantitative estimate of drug-likeness (QED) is 0.768. The Balaban J connectivity index is 1.20. The third-order valence-electron chi connectivity index (χ3n) is 5.64. The van der Waals surface area contributed by atoms with E-state index in [0.717, 1.165) is 61.5 Å². The summed E-state index contributed by atoms with van der Waals surface area (Å²) < 4.78 is 0. The summed E-state index contributed by atoms with van der Waals surface area (Å²) in [6.07, 6.45) is 4.00. The summed E-state index contributed by atoms with van der Waals surface area (Å²) in [7, 11) is 0. The molecule has 2 aromatic rings. The predicted octanol–water partition coefficient (Wildman–Crippen LogP) is 3.20. The first kappa shape index (κ1) is 18.6. The molecule has 1 amide bonds.